The average molecular weight is 394 g/mol. The highest BCUT2D eigenvalue weighted by molar-refractivity contribution is 5.94. The van der Waals surface area contributed by atoms with Gasteiger partial charge in [0, 0.05) is 32.6 Å². The lowest BCUT2D eigenvalue weighted by Gasteiger charge is -2.41. The highest BCUT2D eigenvalue weighted by atomic mass is 19.1. The maximum atomic E-state index is 14.0. The summed E-state index contributed by atoms with van der Waals surface area (Å²) in [7, 11) is 0. The van der Waals surface area contributed by atoms with Crippen molar-refractivity contribution >= 4 is 11.8 Å². The zero-order valence-electron chi connectivity index (χ0n) is 16.6. The minimum Gasteiger partial charge on any atom is -0.339 e. The first-order valence-corrected chi connectivity index (χ1v) is 10.4. The molecule has 0 saturated carbocycles. The fourth-order valence-corrected chi connectivity index (χ4v) is 4.61. The second-order valence-corrected chi connectivity index (χ2v) is 8.32. The first kappa shape index (κ1) is 19.6. The Hall–Kier alpha value is -2.69. The molecule has 0 atom stereocenters. The molecule has 2 aromatic rings. The summed E-state index contributed by atoms with van der Waals surface area (Å²) in [6, 6.07) is 16.3. The van der Waals surface area contributed by atoms with Crippen LogP contribution in [0.5, 0.6) is 0 Å². The molecule has 2 fully saturated rings. The smallest absolute Gasteiger partial charge is 0.256 e. The summed E-state index contributed by atoms with van der Waals surface area (Å²) in [6.07, 6.45) is 4.15. The lowest BCUT2D eigenvalue weighted by atomic mass is 9.73. The normalized spacial score (nSPS) is 19.3. The van der Waals surface area contributed by atoms with Gasteiger partial charge < -0.3 is 9.80 Å². The van der Waals surface area contributed by atoms with Gasteiger partial charge in [0.1, 0.15) is 5.82 Å². The van der Waals surface area contributed by atoms with Crippen molar-refractivity contribution in [3.8, 4) is 0 Å². The zero-order chi connectivity index (χ0) is 20.3. The van der Waals surface area contributed by atoms with Crippen molar-refractivity contribution in [2.24, 2.45) is 5.41 Å². The molecular weight excluding hydrogens is 367 g/mol. The third-order valence-electron chi connectivity index (χ3n) is 6.57. The standard InChI is InChI=1S/C24H27FN2O2/c25-21-9-5-4-8-20(21)23(29)26-15-12-24(13-16-26)11-10-22(28)27(17-14-24)18-19-6-2-1-3-7-19/h1-9H,10-18H2. The Morgan fingerprint density at radius 2 is 1.55 bits per heavy atom. The number of halogens is 1. The predicted octanol–water partition coefficient (Wildman–Crippen LogP) is 4.26. The van der Waals surface area contributed by atoms with Crippen molar-refractivity contribution in [3.63, 3.8) is 0 Å². The number of piperidine rings is 1. The molecule has 152 valence electrons. The number of amides is 2. The number of hydrogen-bond donors (Lipinski definition) is 0. The van der Waals surface area contributed by atoms with E-state index in [-0.39, 0.29) is 22.8 Å². The summed E-state index contributed by atoms with van der Waals surface area (Å²) in [5, 5.41) is 0. The van der Waals surface area contributed by atoms with E-state index in [1.807, 2.05) is 23.1 Å². The largest absolute Gasteiger partial charge is 0.339 e. The van der Waals surface area contributed by atoms with Crippen molar-refractivity contribution in [2.45, 2.75) is 38.6 Å². The summed E-state index contributed by atoms with van der Waals surface area (Å²) < 4.78 is 14.0. The van der Waals surface area contributed by atoms with Gasteiger partial charge in [-0.15, -0.1) is 0 Å². The van der Waals surface area contributed by atoms with Crippen molar-refractivity contribution < 1.29 is 14.0 Å². The first-order chi connectivity index (χ1) is 14.1. The molecule has 5 heteroatoms. The quantitative estimate of drug-likeness (QED) is 0.780. The lowest BCUT2D eigenvalue weighted by Crippen LogP contribution is -2.43. The molecule has 0 unspecified atom stereocenters. The van der Waals surface area contributed by atoms with E-state index in [4.69, 9.17) is 0 Å². The molecular formula is C24H27FN2O2. The number of benzene rings is 2. The highest BCUT2D eigenvalue weighted by Crippen LogP contribution is 2.42. The SMILES string of the molecule is O=C1CCC2(CCN1Cc1ccccc1)CCN(C(=O)c1ccccc1F)CC2. The Kier molecular flexibility index (Phi) is 5.65. The van der Waals surface area contributed by atoms with Crippen LogP contribution in [0, 0.1) is 11.2 Å². The molecule has 4 nitrogen and oxygen atoms in total. The number of nitrogens with zero attached hydrogens (tertiary/aromatic N) is 2. The Morgan fingerprint density at radius 3 is 2.28 bits per heavy atom. The second kappa shape index (κ2) is 8.36. The Bertz CT molecular complexity index is 875. The van der Waals surface area contributed by atoms with E-state index in [1.165, 1.54) is 6.07 Å². The molecule has 2 heterocycles. The predicted molar refractivity (Wildman–Crippen MR) is 110 cm³/mol. The molecule has 4 rings (SSSR count). The van der Waals surface area contributed by atoms with Crippen LogP contribution in [0.25, 0.3) is 0 Å². The monoisotopic (exact) mass is 394 g/mol. The fraction of sp³-hybridized carbons (Fsp3) is 0.417. The van der Waals surface area contributed by atoms with E-state index in [9.17, 15) is 14.0 Å². The van der Waals surface area contributed by atoms with Crippen LogP contribution < -0.4 is 0 Å². The van der Waals surface area contributed by atoms with E-state index in [0.717, 1.165) is 37.8 Å². The zero-order valence-corrected chi connectivity index (χ0v) is 16.6. The Balaban J connectivity index is 1.38. The number of hydrogen-bond acceptors (Lipinski definition) is 2. The summed E-state index contributed by atoms with van der Waals surface area (Å²) in [5.74, 6) is -0.474. The highest BCUT2D eigenvalue weighted by Gasteiger charge is 2.39. The first-order valence-electron chi connectivity index (χ1n) is 10.4. The molecule has 2 aliphatic rings. The van der Waals surface area contributed by atoms with Gasteiger partial charge in [-0.05, 0) is 48.8 Å². The van der Waals surface area contributed by atoms with Crippen molar-refractivity contribution in [3.05, 3.63) is 71.5 Å². The summed E-state index contributed by atoms with van der Waals surface area (Å²) in [6.45, 7) is 2.67. The molecule has 29 heavy (non-hydrogen) atoms. The average Bonchev–Trinajstić information content (AvgIpc) is 2.90. The van der Waals surface area contributed by atoms with E-state index < -0.39 is 5.82 Å². The maximum Gasteiger partial charge on any atom is 0.256 e. The second-order valence-electron chi connectivity index (χ2n) is 8.32. The third-order valence-corrected chi connectivity index (χ3v) is 6.57. The van der Waals surface area contributed by atoms with E-state index in [1.54, 1.807) is 23.1 Å². The molecule has 0 N–H and O–H groups in total. The van der Waals surface area contributed by atoms with E-state index >= 15 is 0 Å². The van der Waals surface area contributed by atoms with Crippen molar-refractivity contribution in [2.75, 3.05) is 19.6 Å². The minimum atomic E-state index is -0.464. The number of likely N-dealkylation sites (tertiary alicyclic amines) is 2. The van der Waals surface area contributed by atoms with Gasteiger partial charge in [-0.1, -0.05) is 42.5 Å². The number of carbonyl (C=O) groups is 2. The molecule has 0 aliphatic carbocycles. The lowest BCUT2D eigenvalue weighted by molar-refractivity contribution is -0.131. The van der Waals surface area contributed by atoms with Gasteiger partial charge in [0.25, 0.3) is 5.91 Å². The van der Waals surface area contributed by atoms with E-state index in [2.05, 4.69) is 12.1 Å². The third kappa shape index (κ3) is 4.34. The molecule has 2 aromatic carbocycles. The molecule has 1 spiro atoms. The van der Waals surface area contributed by atoms with Gasteiger partial charge in [-0.2, -0.15) is 0 Å². The minimum absolute atomic E-state index is 0.104. The maximum absolute atomic E-state index is 14.0. The van der Waals surface area contributed by atoms with Crippen LogP contribution in [0.15, 0.2) is 54.6 Å². The Morgan fingerprint density at radius 1 is 0.897 bits per heavy atom. The molecule has 0 radical (unpaired) electrons. The summed E-state index contributed by atoms with van der Waals surface area (Å²) >= 11 is 0. The van der Waals surface area contributed by atoms with Crippen LogP contribution >= 0.6 is 0 Å². The van der Waals surface area contributed by atoms with Gasteiger partial charge in [0.05, 0.1) is 5.56 Å². The van der Waals surface area contributed by atoms with Gasteiger partial charge in [-0.3, -0.25) is 9.59 Å². The van der Waals surface area contributed by atoms with Crippen LogP contribution in [-0.2, 0) is 11.3 Å². The van der Waals surface area contributed by atoms with Crippen molar-refractivity contribution in [1.82, 2.24) is 9.80 Å². The van der Waals surface area contributed by atoms with Crippen LogP contribution in [0.4, 0.5) is 4.39 Å². The van der Waals surface area contributed by atoms with Gasteiger partial charge in [0.2, 0.25) is 5.91 Å². The van der Waals surface area contributed by atoms with Crippen LogP contribution in [0.3, 0.4) is 0 Å². The van der Waals surface area contributed by atoms with Crippen LogP contribution in [0.1, 0.15) is 48.0 Å². The topological polar surface area (TPSA) is 40.6 Å². The van der Waals surface area contributed by atoms with Gasteiger partial charge in [-0.25, -0.2) is 4.39 Å². The van der Waals surface area contributed by atoms with Crippen molar-refractivity contribution in [1.29, 1.82) is 0 Å². The summed E-state index contributed by atoms with van der Waals surface area (Å²) in [4.78, 5) is 29.1. The van der Waals surface area contributed by atoms with Gasteiger partial charge in [0.15, 0.2) is 0 Å². The van der Waals surface area contributed by atoms with Crippen LogP contribution in [0.2, 0.25) is 0 Å². The number of rotatable bonds is 3. The van der Waals surface area contributed by atoms with Gasteiger partial charge >= 0.3 is 0 Å². The molecule has 2 aliphatic heterocycles. The van der Waals surface area contributed by atoms with E-state index in [0.29, 0.717) is 26.1 Å². The van der Waals surface area contributed by atoms with Crippen LogP contribution in [-0.4, -0.2) is 41.2 Å². The molecule has 2 amide bonds. The Labute approximate surface area is 171 Å². The number of carbonyl (C=O) groups excluding carboxylic acids is 2. The molecule has 0 bridgehead atoms. The molecule has 2 saturated heterocycles. The molecule has 0 aromatic heterocycles. The summed E-state index contributed by atoms with van der Waals surface area (Å²) in [5.41, 5.74) is 1.41. The fourth-order valence-electron chi connectivity index (χ4n) is 4.61.